The van der Waals surface area contributed by atoms with Gasteiger partial charge in [-0.3, -0.25) is 4.84 Å². The molecule has 2 amide bonds. The van der Waals surface area contributed by atoms with E-state index >= 15 is 0 Å². The third-order valence-electron chi connectivity index (χ3n) is 2.61. The highest BCUT2D eigenvalue weighted by Gasteiger charge is 2.28. The third-order valence-corrected chi connectivity index (χ3v) is 2.61. The van der Waals surface area contributed by atoms with Crippen LogP contribution < -0.4 is 5.48 Å². The topological polar surface area (TPSA) is 86.3 Å². The number of hydrogen-bond donors (Lipinski definition) is 1. The maximum absolute atomic E-state index is 12.0. The molecule has 0 aromatic carbocycles. The number of carbonyl (C=O) groups excluding carboxylic acids is 2. The number of rotatable bonds is 3. The lowest BCUT2D eigenvalue weighted by atomic mass is 10.2. The van der Waals surface area contributed by atoms with Crippen molar-refractivity contribution in [2.24, 2.45) is 0 Å². The van der Waals surface area contributed by atoms with E-state index in [0.29, 0.717) is 19.7 Å². The van der Waals surface area contributed by atoms with Gasteiger partial charge in [0.05, 0.1) is 13.2 Å². The molecule has 1 aliphatic rings. The monoisotopic (exact) mass is 332 g/mol. The summed E-state index contributed by atoms with van der Waals surface area (Å²) >= 11 is 0. The van der Waals surface area contributed by atoms with Gasteiger partial charge in [-0.2, -0.15) is 5.48 Å². The lowest BCUT2D eigenvalue weighted by Crippen LogP contribution is -2.49. The first-order valence-electron chi connectivity index (χ1n) is 7.66. The van der Waals surface area contributed by atoms with E-state index in [0.717, 1.165) is 0 Å². The first kappa shape index (κ1) is 19.5. The molecule has 1 atom stereocenters. The van der Waals surface area contributed by atoms with Crippen LogP contribution in [0.3, 0.4) is 0 Å². The molecule has 0 aromatic rings. The Labute approximate surface area is 137 Å². The lowest BCUT2D eigenvalue weighted by molar-refractivity contribution is -0.0913. The van der Waals surface area contributed by atoms with Crippen LogP contribution in [0.2, 0.25) is 0 Å². The zero-order chi connectivity index (χ0) is 17.7. The Morgan fingerprint density at radius 1 is 1.13 bits per heavy atom. The van der Waals surface area contributed by atoms with Gasteiger partial charge in [0.1, 0.15) is 23.9 Å². The summed E-state index contributed by atoms with van der Waals surface area (Å²) in [7, 11) is 0. The predicted molar refractivity (Wildman–Crippen MR) is 82.9 cm³/mol. The Balaban J connectivity index is 2.33. The minimum Gasteiger partial charge on any atom is -0.444 e. The molecule has 0 spiro atoms. The normalized spacial score (nSPS) is 19.2. The van der Waals surface area contributed by atoms with E-state index in [1.807, 2.05) is 20.8 Å². The summed E-state index contributed by atoms with van der Waals surface area (Å²) < 4.78 is 15.9. The van der Waals surface area contributed by atoms with Crippen LogP contribution in [0.15, 0.2) is 0 Å². The van der Waals surface area contributed by atoms with Gasteiger partial charge in [-0.25, -0.2) is 9.59 Å². The van der Waals surface area contributed by atoms with E-state index in [4.69, 9.17) is 19.0 Å². The zero-order valence-corrected chi connectivity index (χ0v) is 14.8. The standard InChI is InChI=1S/C15H28N2O6/c1-14(2,3)22-12(18)16-21-10-11-9-17(7-8-20-11)13(19)23-15(4,5)6/h11H,7-10H2,1-6H3,(H,16,18). The van der Waals surface area contributed by atoms with Crippen LogP contribution >= 0.6 is 0 Å². The van der Waals surface area contributed by atoms with Crippen LogP contribution in [0.25, 0.3) is 0 Å². The van der Waals surface area contributed by atoms with Crippen molar-refractivity contribution in [2.45, 2.75) is 58.8 Å². The summed E-state index contributed by atoms with van der Waals surface area (Å²) in [5.74, 6) is 0. The van der Waals surface area contributed by atoms with Crippen molar-refractivity contribution in [3.8, 4) is 0 Å². The number of morpholine rings is 1. The second kappa shape index (κ2) is 7.83. The summed E-state index contributed by atoms with van der Waals surface area (Å²) in [5, 5.41) is 0. The number of hydroxylamine groups is 1. The number of ether oxygens (including phenoxy) is 3. The molecule has 8 heteroatoms. The first-order chi connectivity index (χ1) is 10.5. The number of nitrogens with zero attached hydrogens (tertiary/aromatic N) is 1. The van der Waals surface area contributed by atoms with E-state index < -0.39 is 17.3 Å². The first-order valence-corrected chi connectivity index (χ1v) is 7.66. The second-order valence-electron chi connectivity index (χ2n) is 7.33. The van der Waals surface area contributed by atoms with Gasteiger partial charge in [0, 0.05) is 6.54 Å². The van der Waals surface area contributed by atoms with Crippen LogP contribution in [0, 0.1) is 0 Å². The predicted octanol–water partition coefficient (Wildman–Crippen LogP) is 2.08. The molecule has 134 valence electrons. The molecule has 1 N–H and O–H groups in total. The Morgan fingerprint density at radius 3 is 2.30 bits per heavy atom. The number of hydrogen-bond acceptors (Lipinski definition) is 6. The van der Waals surface area contributed by atoms with Crippen LogP contribution in [-0.4, -0.2) is 60.7 Å². The minimum atomic E-state index is -0.669. The molecule has 1 fully saturated rings. The van der Waals surface area contributed by atoms with Gasteiger partial charge in [-0.05, 0) is 41.5 Å². The largest absolute Gasteiger partial charge is 0.444 e. The van der Waals surface area contributed by atoms with Crippen LogP contribution in [0.1, 0.15) is 41.5 Å². The SMILES string of the molecule is CC(C)(C)OC(=O)NOCC1CN(C(=O)OC(C)(C)C)CCO1. The maximum atomic E-state index is 12.0. The fourth-order valence-corrected chi connectivity index (χ4v) is 1.80. The molecular formula is C15H28N2O6. The van der Waals surface area contributed by atoms with Crippen molar-refractivity contribution in [1.29, 1.82) is 0 Å². The number of amides is 2. The van der Waals surface area contributed by atoms with Crippen molar-refractivity contribution < 1.29 is 28.6 Å². The summed E-state index contributed by atoms with van der Waals surface area (Å²) in [4.78, 5) is 30.1. The number of carbonyl (C=O) groups is 2. The van der Waals surface area contributed by atoms with Gasteiger partial charge >= 0.3 is 12.2 Å². The highest BCUT2D eigenvalue weighted by molar-refractivity contribution is 5.68. The molecule has 0 saturated carbocycles. The Bertz CT molecular complexity index is 413. The molecule has 1 heterocycles. The molecule has 0 bridgehead atoms. The summed E-state index contributed by atoms with van der Waals surface area (Å²) in [6.07, 6.45) is -1.39. The van der Waals surface area contributed by atoms with Crippen molar-refractivity contribution in [1.82, 2.24) is 10.4 Å². The smallest absolute Gasteiger partial charge is 0.431 e. The van der Waals surface area contributed by atoms with E-state index in [1.165, 1.54) is 0 Å². The van der Waals surface area contributed by atoms with Crippen molar-refractivity contribution in [3.63, 3.8) is 0 Å². The van der Waals surface area contributed by atoms with E-state index in [1.54, 1.807) is 25.7 Å². The summed E-state index contributed by atoms with van der Waals surface area (Å²) in [6.45, 7) is 12.0. The average molecular weight is 332 g/mol. The molecule has 0 aliphatic carbocycles. The fraction of sp³-hybridized carbons (Fsp3) is 0.867. The van der Waals surface area contributed by atoms with E-state index in [9.17, 15) is 9.59 Å². The minimum absolute atomic E-state index is 0.110. The molecule has 1 unspecified atom stereocenters. The molecule has 0 radical (unpaired) electrons. The molecule has 8 nitrogen and oxygen atoms in total. The van der Waals surface area contributed by atoms with Gasteiger partial charge in [0.2, 0.25) is 0 Å². The lowest BCUT2D eigenvalue weighted by Gasteiger charge is -2.34. The van der Waals surface area contributed by atoms with Crippen molar-refractivity contribution in [2.75, 3.05) is 26.3 Å². The van der Waals surface area contributed by atoms with E-state index in [-0.39, 0.29) is 18.8 Å². The summed E-state index contributed by atoms with van der Waals surface area (Å²) in [5.41, 5.74) is 1.06. The van der Waals surface area contributed by atoms with Gasteiger partial charge in [-0.15, -0.1) is 0 Å². The van der Waals surface area contributed by atoms with Crippen molar-refractivity contribution >= 4 is 12.2 Å². The third kappa shape index (κ3) is 8.61. The van der Waals surface area contributed by atoms with Gasteiger partial charge < -0.3 is 19.1 Å². The number of nitrogens with one attached hydrogen (secondary N) is 1. The Kier molecular flexibility index (Phi) is 6.64. The molecule has 1 saturated heterocycles. The quantitative estimate of drug-likeness (QED) is 0.796. The van der Waals surface area contributed by atoms with Gasteiger partial charge in [0.25, 0.3) is 0 Å². The second-order valence-corrected chi connectivity index (χ2v) is 7.33. The van der Waals surface area contributed by atoms with Crippen molar-refractivity contribution in [3.05, 3.63) is 0 Å². The summed E-state index contributed by atoms with van der Waals surface area (Å²) in [6, 6.07) is 0. The average Bonchev–Trinajstić information content (AvgIpc) is 2.35. The molecule has 0 aromatic heterocycles. The highest BCUT2D eigenvalue weighted by atomic mass is 16.7. The molecule has 1 rings (SSSR count). The van der Waals surface area contributed by atoms with Gasteiger partial charge in [0.15, 0.2) is 0 Å². The van der Waals surface area contributed by atoms with Crippen LogP contribution in [0.4, 0.5) is 9.59 Å². The zero-order valence-electron chi connectivity index (χ0n) is 14.8. The van der Waals surface area contributed by atoms with Gasteiger partial charge in [-0.1, -0.05) is 0 Å². The highest BCUT2D eigenvalue weighted by Crippen LogP contribution is 2.13. The van der Waals surface area contributed by atoms with E-state index in [2.05, 4.69) is 5.48 Å². The Hall–Kier alpha value is -1.54. The Morgan fingerprint density at radius 2 is 1.74 bits per heavy atom. The molecular weight excluding hydrogens is 304 g/mol. The van der Waals surface area contributed by atoms with Crippen LogP contribution in [-0.2, 0) is 19.0 Å². The molecule has 23 heavy (non-hydrogen) atoms. The fourth-order valence-electron chi connectivity index (χ4n) is 1.80. The van der Waals surface area contributed by atoms with Crippen LogP contribution in [0.5, 0.6) is 0 Å². The maximum Gasteiger partial charge on any atom is 0.431 e. The molecule has 1 aliphatic heterocycles.